The highest BCUT2D eigenvalue weighted by Crippen LogP contribution is 2.26. The lowest BCUT2D eigenvalue weighted by molar-refractivity contribution is -0.142. The number of aliphatic carboxylic acids is 1. The molecule has 0 bridgehead atoms. The molecule has 0 aliphatic heterocycles. The third-order valence-electron chi connectivity index (χ3n) is 3.22. The number of halogens is 1. The van der Waals surface area contributed by atoms with Gasteiger partial charge < -0.3 is 10.4 Å². The normalized spacial score (nSPS) is 23.5. The molecule has 94 valence electrons. The highest BCUT2D eigenvalue weighted by Gasteiger charge is 2.25. The number of benzene rings is 1. The lowest BCUT2D eigenvalue weighted by Crippen LogP contribution is -2.29. The average molecular weight is 256 g/mol. The second kappa shape index (κ2) is 6.50. The molecule has 1 aromatic rings. The maximum absolute atomic E-state index is 10.8. The Balaban J connectivity index is 0.00000144. The van der Waals surface area contributed by atoms with Crippen LogP contribution < -0.4 is 5.32 Å². The van der Waals surface area contributed by atoms with Crippen molar-refractivity contribution in [1.82, 2.24) is 0 Å². The predicted molar refractivity (Wildman–Crippen MR) is 70.7 cm³/mol. The number of hydrogen-bond donors (Lipinski definition) is 2. The van der Waals surface area contributed by atoms with Gasteiger partial charge in [-0.3, -0.25) is 4.79 Å². The van der Waals surface area contributed by atoms with Crippen LogP contribution in [0.3, 0.4) is 0 Å². The van der Waals surface area contributed by atoms with E-state index in [1.54, 1.807) is 0 Å². The molecule has 2 N–H and O–H groups in total. The van der Waals surface area contributed by atoms with E-state index in [2.05, 4.69) is 5.32 Å². The number of anilines is 1. The van der Waals surface area contributed by atoms with Crippen molar-refractivity contribution in [2.75, 3.05) is 5.32 Å². The zero-order valence-electron chi connectivity index (χ0n) is 9.63. The SMILES string of the molecule is Cl.O=C(O)C1CCC(Nc2ccccc2)CC1. The van der Waals surface area contributed by atoms with Gasteiger partial charge in [0.1, 0.15) is 0 Å². The fraction of sp³-hybridized carbons (Fsp3) is 0.462. The summed E-state index contributed by atoms with van der Waals surface area (Å²) >= 11 is 0. The molecule has 0 heterocycles. The van der Waals surface area contributed by atoms with Crippen LogP contribution in [0.25, 0.3) is 0 Å². The molecule has 0 amide bonds. The molecule has 2 rings (SSSR count). The summed E-state index contributed by atoms with van der Waals surface area (Å²) in [4.78, 5) is 10.8. The van der Waals surface area contributed by atoms with E-state index < -0.39 is 5.97 Å². The highest BCUT2D eigenvalue weighted by molar-refractivity contribution is 5.85. The van der Waals surface area contributed by atoms with Crippen LogP contribution in [-0.4, -0.2) is 17.1 Å². The van der Waals surface area contributed by atoms with Gasteiger partial charge in [-0.25, -0.2) is 0 Å². The number of carbonyl (C=O) groups is 1. The summed E-state index contributed by atoms with van der Waals surface area (Å²) < 4.78 is 0. The molecular formula is C13H18ClNO2. The molecule has 1 fully saturated rings. The largest absolute Gasteiger partial charge is 0.481 e. The van der Waals surface area contributed by atoms with Gasteiger partial charge in [-0.1, -0.05) is 18.2 Å². The van der Waals surface area contributed by atoms with Gasteiger partial charge in [0.05, 0.1) is 5.92 Å². The Morgan fingerprint density at radius 2 is 1.71 bits per heavy atom. The Morgan fingerprint density at radius 1 is 1.12 bits per heavy atom. The van der Waals surface area contributed by atoms with Crippen LogP contribution in [0.2, 0.25) is 0 Å². The lowest BCUT2D eigenvalue weighted by Gasteiger charge is -2.27. The monoisotopic (exact) mass is 255 g/mol. The van der Waals surface area contributed by atoms with Crippen LogP contribution >= 0.6 is 12.4 Å². The molecule has 1 aliphatic rings. The maximum atomic E-state index is 10.8. The summed E-state index contributed by atoms with van der Waals surface area (Å²) in [5.41, 5.74) is 1.13. The molecule has 0 radical (unpaired) electrons. The minimum Gasteiger partial charge on any atom is -0.481 e. The van der Waals surface area contributed by atoms with E-state index in [9.17, 15) is 4.79 Å². The number of carboxylic acid groups (broad SMARTS) is 1. The molecule has 0 aromatic heterocycles. The summed E-state index contributed by atoms with van der Waals surface area (Å²) in [6, 6.07) is 10.5. The summed E-state index contributed by atoms with van der Waals surface area (Å²) in [7, 11) is 0. The average Bonchev–Trinajstić information content (AvgIpc) is 2.31. The van der Waals surface area contributed by atoms with Crippen LogP contribution in [0.15, 0.2) is 30.3 Å². The number of carboxylic acids is 1. The first-order valence-electron chi connectivity index (χ1n) is 5.80. The number of nitrogens with one attached hydrogen (secondary N) is 1. The standard InChI is InChI=1S/C13H17NO2.ClH/c15-13(16)10-6-8-12(9-7-10)14-11-4-2-1-3-5-11;/h1-5,10,12,14H,6-9H2,(H,15,16);1H. The summed E-state index contributed by atoms with van der Waals surface area (Å²) in [6.07, 6.45) is 3.48. The van der Waals surface area contributed by atoms with Gasteiger partial charge in [-0.2, -0.15) is 0 Å². The first kappa shape index (κ1) is 13.8. The fourth-order valence-corrected chi connectivity index (χ4v) is 2.25. The molecule has 0 saturated heterocycles. The lowest BCUT2D eigenvalue weighted by atomic mass is 9.86. The van der Waals surface area contributed by atoms with Crippen LogP contribution in [-0.2, 0) is 4.79 Å². The fourth-order valence-electron chi connectivity index (χ4n) is 2.25. The molecule has 0 atom stereocenters. The van der Waals surface area contributed by atoms with E-state index in [-0.39, 0.29) is 18.3 Å². The predicted octanol–water partition coefficient (Wildman–Crippen LogP) is 3.16. The molecule has 0 unspecified atom stereocenters. The molecule has 4 heteroatoms. The Kier molecular flexibility index (Phi) is 5.29. The van der Waals surface area contributed by atoms with Crippen molar-refractivity contribution in [3.05, 3.63) is 30.3 Å². The molecule has 17 heavy (non-hydrogen) atoms. The second-order valence-corrected chi connectivity index (χ2v) is 4.40. The third-order valence-corrected chi connectivity index (χ3v) is 3.22. The zero-order valence-corrected chi connectivity index (χ0v) is 10.5. The van der Waals surface area contributed by atoms with Gasteiger partial charge in [-0.05, 0) is 37.8 Å². The molecule has 1 aliphatic carbocycles. The van der Waals surface area contributed by atoms with E-state index in [0.29, 0.717) is 6.04 Å². The van der Waals surface area contributed by atoms with E-state index in [4.69, 9.17) is 5.11 Å². The quantitative estimate of drug-likeness (QED) is 0.872. The summed E-state index contributed by atoms with van der Waals surface area (Å²) in [5.74, 6) is -0.771. The molecule has 1 saturated carbocycles. The number of para-hydroxylation sites is 1. The van der Waals surface area contributed by atoms with Gasteiger partial charge in [0, 0.05) is 11.7 Å². The van der Waals surface area contributed by atoms with Gasteiger partial charge in [0.25, 0.3) is 0 Å². The van der Waals surface area contributed by atoms with Crippen LogP contribution in [0.4, 0.5) is 5.69 Å². The second-order valence-electron chi connectivity index (χ2n) is 4.40. The van der Waals surface area contributed by atoms with Crippen molar-refractivity contribution in [2.24, 2.45) is 5.92 Å². The van der Waals surface area contributed by atoms with Gasteiger partial charge in [0.2, 0.25) is 0 Å². The third kappa shape index (κ3) is 3.93. The Bertz CT molecular complexity index is 348. The molecule has 1 aromatic carbocycles. The van der Waals surface area contributed by atoms with Crippen LogP contribution in [0.5, 0.6) is 0 Å². The van der Waals surface area contributed by atoms with E-state index in [1.807, 2.05) is 30.3 Å². The first-order chi connectivity index (χ1) is 7.75. The van der Waals surface area contributed by atoms with Crippen molar-refractivity contribution < 1.29 is 9.90 Å². The minimum absolute atomic E-state index is 0. The van der Waals surface area contributed by atoms with Gasteiger partial charge >= 0.3 is 5.97 Å². The van der Waals surface area contributed by atoms with Crippen LogP contribution in [0, 0.1) is 5.92 Å². The topological polar surface area (TPSA) is 49.3 Å². The van der Waals surface area contributed by atoms with Gasteiger partial charge in [-0.15, -0.1) is 12.4 Å². The van der Waals surface area contributed by atoms with Crippen molar-refractivity contribution in [3.63, 3.8) is 0 Å². The van der Waals surface area contributed by atoms with Gasteiger partial charge in [0.15, 0.2) is 0 Å². The first-order valence-corrected chi connectivity index (χ1v) is 5.80. The zero-order chi connectivity index (χ0) is 11.4. The Labute approximate surface area is 108 Å². The number of hydrogen-bond acceptors (Lipinski definition) is 2. The van der Waals surface area contributed by atoms with E-state index >= 15 is 0 Å². The Morgan fingerprint density at radius 3 is 2.24 bits per heavy atom. The minimum atomic E-state index is -0.641. The summed E-state index contributed by atoms with van der Waals surface area (Å²) in [5, 5.41) is 12.3. The van der Waals surface area contributed by atoms with Crippen molar-refractivity contribution in [1.29, 1.82) is 0 Å². The Hall–Kier alpha value is -1.22. The van der Waals surface area contributed by atoms with Crippen LogP contribution in [0.1, 0.15) is 25.7 Å². The highest BCUT2D eigenvalue weighted by atomic mass is 35.5. The maximum Gasteiger partial charge on any atom is 0.306 e. The van der Waals surface area contributed by atoms with Crippen molar-refractivity contribution >= 4 is 24.1 Å². The summed E-state index contributed by atoms with van der Waals surface area (Å²) in [6.45, 7) is 0. The number of rotatable bonds is 3. The molecule has 3 nitrogen and oxygen atoms in total. The molecular weight excluding hydrogens is 238 g/mol. The van der Waals surface area contributed by atoms with E-state index in [0.717, 1.165) is 31.4 Å². The smallest absolute Gasteiger partial charge is 0.306 e. The van der Waals surface area contributed by atoms with Crippen molar-refractivity contribution in [3.8, 4) is 0 Å². The molecule has 0 spiro atoms. The van der Waals surface area contributed by atoms with Crippen molar-refractivity contribution in [2.45, 2.75) is 31.7 Å². The van der Waals surface area contributed by atoms with E-state index in [1.165, 1.54) is 0 Å².